The predicted octanol–water partition coefficient (Wildman–Crippen LogP) is 3.80. The van der Waals surface area contributed by atoms with Crippen molar-refractivity contribution in [1.29, 1.82) is 0 Å². The van der Waals surface area contributed by atoms with Gasteiger partial charge in [0.25, 0.3) is 0 Å². The third-order valence-electron chi connectivity index (χ3n) is 3.49. The molecule has 1 heteroatoms. The Balaban J connectivity index is 2.12. The van der Waals surface area contributed by atoms with Crippen LogP contribution in [0.2, 0.25) is 0 Å². The fraction of sp³-hybridized carbons (Fsp3) is 0.600. The van der Waals surface area contributed by atoms with Gasteiger partial charge < -0.3 is 5.32 Å². The lowest BCUT2D eigenvalue weighted by molar-refractivity contribution is 0.412. The minimum Gasteiger partial charge on any atom is -0.310 e. The van der Waals surface area contributed by atoms with Crippen LogP contribution in [0.3, 0.4) is 0 Å². The van der Waals surface area contributed by atoms with Crippen LogP contribution in [-0.4, -0.2) is 6.54 Å². The highest BCUT2D eigenvalue weighted by Crippen LogP contribution is 2.26. The van der Waals surface area contributed by atoms with Gasteiger partial charge in [0.15, 0.2) is 0 Å². The molecule has 0 aromatic heterocycles. The zero-order valence-corrected chi connectivity index (χ0v) is 10.7. The summed E-state index contributed by atoms with van der Waals surface area (Å²) in [7, 11) is 0. The van der Waals surface area contributed by atoms with Crippen LogP contribution < -0.4 is 5.32 Å². The van der Waals surface area contributed by atoms with Crippen LogP contribution in [0.15, 0.2) is 24.3 Å². The first-order valence-corrected chi connectivity index (χ1v) is 6.41. The molecule has 0 spiro atoms. The Kier molecular flexibility index (Phi) is 3.34. The molecule has 0 bridgehead atoms. The number of piperidine rings is 1. The van der Waals surface area contributed by atoms with Crippen LogP contribution in [-0.2, 0) is 5.41 Å². The topological polar surface area (TPSA) is 12.0 Å². The van der Waals surface area contributed by atoms with Gasteiger partial charge in [-0.1, -0.05) is 51.5 Å². The molecule has 0 unspecified atom stereocenters. The van der Waals surface area contributed by atoms with E-state index in [1.165, 1.54) is 36.9 Å². The van der Waals surface area contributed by atoms with Gasteiger partial charge in [-0.05, 0) is 35.9 Å². The van der Waals surface area contributed by atoms with Gasteiger partial charge in [0.2, 0.25) is 0 Å². The van der Waals surface area contributed by atoms with E-state index in [1.807, 2.05) is 0 Å². The summed E-state index contributed by atoms with van der Waals surface area (Å²) in [5.74, 6) is 0. The third-order valence-corrected chi connectivity index (χ3v) is 3.49. The number of rotatable bonds is 1. The molecule has 0 amide bonds. The molecule has 1 N–H and O–H groups in total. The molecule has 2 rings (SSSR count). The summed E-state index contributed by atoms with van der Waals surface area (Å²) >= 11 is 0. The Bertz CT molecular complexity index is 325. The van der Waals surface area contributed by atoms with E-state index in [2.05, 4.69) is 50.4 Å². The van der Waals surface area contributed by atoms with Crippen LogP contribution in [0, 0.1) is 0 Å². The van der Waals surface area contributed by atoms with E-state index in [9.17, 15) is 0 Å². The Morgan fingerprint density at radius 2 is 1.75 bits per heavy atom. The molecular weight excluding hydrogens is 194 g/mol. The van der Waals surface area contributed by atoms with Crippen LogP contribution in [0.25, 0.3) is 0 Å². The summed E-state index contributed by atoms with van der Waals surface area (Å²) in [5, 5.41) is 3.59. The fourth-order valence-corrected chi connectivity index (χ4v) is 2.35. The zero-order chi connectivity index (χ0) is 11.6. The molecule has 1 aliphatic rings. The van der Waals surface area contributed by atoms with Crippen molar-refractivity contribution in [3.05, 3.63) is 35.4 Å². The second-order valence-corrected chi connectivity index (χ2v) is 5.87. The molecule has 1 nitrogen and oxygen atoms in total. The third kappa shape index (κ3) is 2.65. The van der Waals surface area contributed by atoms with Crippen molar-refractivity contribution in [2.24, 2.45) is 0 Å². The summed E-state index contributed by atoms with van der Waals surface area (Å²) in [6.07, 6.45) is 3.98. The number of hydrogen-bond acceptors (Lipinski definition) is 1. The highest BCUT2D eigenvalue weighted by molar-refractivity contribution is 5.29. The van der Waals surface area contributed by atoms with Gasteiger partial charge in [-0.2, -0.15) is 0 Å². The van der Waals surface area contributed by atoms with E-state index in [4.69, 9.17) is 0 Å². The molecule has 1 saturated heterocycles. The number of benzene rings is 1. The van der Waals surface area contributed by atoms with Crippen LogP contribution >= 0.6 is 0 Å². The summed E-state index contributed by atoms with van der Waals surface area (Å²) < 4.78 is 0. The van der Waals surface area contributed by atoms with Crippen molar-refractivity contribution in [2.45, 2.75) is 51.5 Å². The lowest BCUT2D eigenvalue weighted by Gasteiger charge is -2.25. The fourth-order valence-electron chi connectivity index (χ4n) is 2.35. The van der Waals surface area contributed by atoms with Gasteiger partial charge in [0.1, 0.15) is 0 Å². The molecule has 1 atom stereocenters. The molecule has 88 valence electrons. The van der Waals surface area contributed by atoms with E-state index in [0.29, 0.717) is 6.04 Å². The van der Waals surface area contributed by atoms with Gasteiger partial charge in [0, 0.05) is 6.04 Å². The van der Waals surface area contributed by atoms with Crippen molar-refractivity contribution in [2.75, 3.05) is 6.54 Å². The number of hydrogen-bond donors (Lipinski definition) is 1. The number of nitrogens with one attached hydrogen (secondary N) is 1. The average molecular weight is 217 g/mol. The summed E-state index contributed by atoms with van der Waals surface area (Å²) in [5.41, 5.74) is 3.14. The summed E-state index contributed by atoms with van der Waals surface area (Å²) in [6.45, 7) is 7.97. The zero-order valence-electron chi connectivity index (χ0n) is 10.7. The van der Waals surface area contributed by atoms with Crippen molar-refractivity contribution in [1.82, 2.24) is 5.32 Å². The smallest absolute Gasteiger partial charge is 0.0320 e. The first-order valence-electron chi connectivity index (χ1n) is 6.41. The van der Waals surface area contributed by atoms with E-state index < -0.39 is 0 Å². The SMILES string of the molecule is CC(C)(C)c1ccc([C@@H]2CCCCN2)cc1. The quantitative estimate of drug-likeness (QED) is 0.754. The molecule has 1 heterocycles. The molecule has 1 fully saturated rings. The van der Waals surface area contributed by atoms with Gasteiger partial charge in [-0.15, -0.1) is 0 Å². The average Bonchev–Trinajstić information content (AvgIpc) is 2.29. The second-order valence-electron chi connectivity index (χ2n) is 5.87. The second kappa shape index (κ2) is 4.58. The predicted molar refractivity (Wildman–Crippen MR) is 69.7 cm³/mol. The summed E-state index contributed by atoms with van der Waals surface area (Å²) in [4.78, 5) is 0. The molecule has 1 aromatic rings. The van der Waals surface area contributed by atoms with Crippen LogP contribution in [0.5, 0.6) is 0 Å². The van der Waals surface area contributed by atoms with Crippen LogP contribution in [0.1, 0.15) is 57.2 Å². The monoisotopic (exact) mass is 217 g/mol. The van der Waals surface area contributed by atoms with Gasteiger partial charge in [-0.3, -0.25) is 0 Å². The Morgan fingerprint density at radius 1 is 1.06 bits per heavy atom. The minimum absolute atomic E-state index is 0.262. The molecule has 0 saturated carbocycles. The normalized spacial score (nSPS) is 22.1. The minimum atomic E-state index is 0.262. The van der Waals surface area contributed by atoms with Gasteiger partial charge >= 0.3 is 0 Å². The van der Waals surface area contributed by atoms with E-state index in [-0.39, 0.29) is 5.41 Å². The summed E-state index contributed by atoms with van der Waals surface area (Å²) in [6, 6.07) is 9.74. The highest BCUT2D eigenvalue weighted by Gasteiger charge is 2.16. The van der Waals surface area contributed by atoms with Crippen molar-refractivity contribution in [3.8, 4) is 0 Å². The van der Waals surface area contributed by atoms with E-state index in [0.717, 1.165) is 0 Å². The molecule has 0 radical (unpaired) electrons. The van der Waals surface area contributed by atoms with Crippen molar-refractivity contribution >= 4 is 0 Å². The first kappa shape index (κ1) is 11.7. The van der Waals surface area contributed by atoms with E-state index >= 15 is 0 Å². The first-order chi connectivity index (χ1) is 7.57. The Hall–Kier alpha value is -0.820. The van der Waals surface area contributed by atoms with Crippen LogP contribution in [0.4, 0.5) is 0 Å². The Morgan fingerprint density at radius 3 is 2.25 bits per heavy atom. The molecular formula is C15H23N. The molecule has 1 aromatic carbocycles. The molecule has 1 aliphatic heterocycles. The molecule has 0 aliphatic carbocycles. The van der Waals surface area contributed by atoms with Gasteiger partial charge in [0.05, 0.1) is 0 Å². The lowest BCUT2D eigenvalue weighted by Crippen LogP contribution is -2.26. The highest BCUT2D eigenvalue weighted by atomic mass is 14.9. The molecule has 16 heavy (non-hydrogen) atoms. The van der Waals surface area contributed by atoms with Gasteiger partial charge in [-0.25, -0.2) is 0 Å². The maximum atomic E-state index is 3.59. The lowest BCUT2D eigenvalue weighted by atomic mass is 9.85. The van der Waals surface area contributed by atoms with Crippen molar-refractivity contribution in [3.63, 3.8) is 0 Å². The van der Waals surface area contributed by atoms with E-state index in [1.54, 1.807) is 0 Å². The maximum absolute atomic E-state index is 3.59. The maximum Gasteiger partial charge on any atom is 0.0320 e. The largest absolute Gasteiger partial charge is 0.310 e. The standard InChI is InChI=1S/C15H23N/c1-15(2,3)13-9-7-12(8-10-13)14-6-4-5-11-16-14/h7-10,14,16H,4-6,11H2,1-3H3/t14-/m0/s1. The van der Waals surface area contributed by atoms with Crippen molar-refractivity contribution < 1.29 is 0 Å². The Labute approximate surface area is 99.3 Å².